The molecule has 1 aliphatic heterocycles. The molecular weight excluding hydrogens is 300 g/mol. The highest BCUT2D eigenvalue weighted by atomic mass is 32.1. The van der Waals surface area contributed by atoms with Gasteiger partial charge in [0.1, 0.15) is 17.8 Å². The fourth-order valence-electron chi connectivity index (χ4n) is 2.41. The molecule has 0 bridgehead atoms. The third-order valence-electron chi connectivity index (χ3n) is 3.56. The molecule has 1 saturated heterocycles. The number of nitrogens with zero attached hydrogens (tertiary/aromatic N) is 5. The maximum Gasteiger partial charge on any atom is 0.205 e. The molecule has 2 aromatic heterocycles. The van der Waals surface area contributed by atoms with Crippen molar-refractivity contribution in [1.82, 2.24) is 24.5 Å². The molecule has 8 heteroatoms. The molecule has 0 saturated carbocycles. The second kappa shape index (κ2) is 6.70. The molecule has 1 fully saturated rings. The molecule has 120 valence electrons. The van der Waals surface area contributed by atoms with Crippen LogP contribution in [-0.4, -0.2) is 44.2 Å². The molecule has 1 aliphatic rings. The minimum atomic E-state index is -0.109. The number of H-pyrrole nitrogens is 1. The van der Waals surface area contributed by atoms with Crippen LogP contribution in [0.25, 0.3) is 0 Å². The Balaban J connectivity index is 1.68. The summed E-state index contributed by atoms with van der Waals surface area (Å²) in [6.07, 6.45) is 1.66. The summed E-state index contributed by atoms with van der Waals surface area (Å²) in [5.74, 6) is 3.13. The average Bonchev–Trinajstić information content (AvgIpc) is 3.15. The van der Waals surface area contributed by atoms with Crippen LogP contribution in [0.4, 0.5) is 5.13 Å². The quantitative estimate of drug-likeness (QED) is 0.907. The standard InChI is InChI=1S/C14H22N6OS/c1-4-11-15-13(18-17-11)10-8-20(5-6-21-10)14-16-12(19-22-14)7-9(2)3/h9-10H,4-8H2,1-3H3,(H,15,17,18). The van der Waals surface area contributed by atoms with Gasteiger partial charge in [-0.05, 0) is 5.92 Å². The van der Waals surface area contributed by atoms with Crippen LogP contribution in [-0.2, 0) is 17.6 Å². The summed E-state index contributed by atoms with van der Waals surface area (Å²) in [5.41, 5.74) is 0. The molecule has 0 aromatic carbocycles. The predicted molar refractivity (Wildman–Crippen MR) is 85.1 cm³/mol. The molecule has 3 rings (SSSR count). The molecule has 3 heterocycles. The molecule has 7 nitrogen and oxygen atoms in total. The number of hydrogen-bond donors (Lipinski definition) is 1. The third kappa shape index (κ3) is 3.44. The summed E-state index contributed by atoms with van der Waals surface area (Å²) < 4.78 is 10.3. The van der Waals surface area contributed by atoms with Gasteiger partial charge in [-0.1, -0.05) is 20.8 Å². The van der Waals surface area contributed by atoms with Crippen LogP contribution in [0.15, 0.2) is 0 Å². The van der Waals surface area contributed by atoms with Gasteiger partial charge in [-0.15, -0.1) is 0 Å². The summed E-state index contributed by atoms with van der Waals surface area (Å²) in [5, 5.41) is 8.18. The predicted octanol–water partition coefficient (Wildman–Crippen LogP) is 1.99. The van der Waals surface area contributed by atoms with Crippen LogP contribution in [0, 0.1) is 5.92 Å². The van der Waals surface area contributed by atoms with E-state index in [1.54, 1.807) is 0 Å². The second-order valence-corrected chi connectivity index (χ2v) is 6.62. The van der Waals surface area contributed by atoms with Crippen molar-refractivity contribution < 1.29 is 4.74 Å². The van der Waals surface area contributed by atoms with Crippen LogP contribution in [0.2, 0.25) is 0 Å². The van der Waals surface area contributed by atoms with E-state index in [2.05, 4.69) is 50.2 Å². The van der Waals surface area contributed by atoms with Gasteiger partial charge in [0, 0.05) is 30.9 Å². The van der Waals surface area contributed by atoms with Crippen molar-refractivity contribution in [3.05, 3.63) is 17.5 Å². The van der Waals surface area contributed by atoms with E-state index in [4.69, 9.17) is 4.74 Å². The molecule has 0 spiro atoms. The van der Waals surface area contributed by atoms with Gasteiger partial charge in [0.2, 0.25) is 5.13 Å². The second-order valence-electron chi connectivity index (χ2n) is 5.89. The first kappa shape index (κ1) is 15.4. The first-order valence-electron chi connectivity index (χ1n) is 7.76. The SMILES string of the molecule is CCc1nc(C2CN(c3nc(CC(C)C)ns3)CCO2)n[nH]1. The third-order valence-corrected chi connectivity index (χ3v) is 4.37. The van der Waals surface area contributed by atoms with Gasteiger partial charge < -0.3 is 9.64 Å². The normalized spacial score (nSPS) is 19.1. The number of morpholine rings is 1. The van der Waals surface area contributed by atoms with E-state index in [9.17, 15) is 0 Å². The highest BCUT2D eigenvalue weighted by Gasteiger charge is 2.27. The van der Waals surface area contributed by atoms with E-state index in [0.29, 0.717) is 12.5 Å². The fourth-order valence-corrected chi connectivity index (χ4v) is 3.14. The molecule has 22 heavy (non-hydrogen) atoms. The van der Waals surface area contributed by atoms with E-state index in [0.717, 1.165) is 48.5 Å². The molecule has 0 amide bonds. The van der Waals surface area contributed by atoms with Crippen molar-refractivity contribution in [2.24, 2.45) is 5.92 Å². The fraction of sp³-hybridized carbons (Fsp3) is 0.714. The zero-order valence-corrected chi connectivity index (χ0v) is 14.1. The van der Waals surface area contributed by atoms with Gasteiger partial charge in [-0.25, -0.2) is 9.97 Å². The van der Waals surface area contributed by atoms with E-state index in [1.807, 2.05) is 0 Å². The topological polar surface area (TPSA) is 79.8 Å². The number of aryl methyl sites for hydroxylation is 1. The van der Waals surface area contributed by atoms with Crippen LogP contribution in [0.5, 0.6) is 0 Å². The van der Waals surface area contributed by atoms with Crippen molar-refractivity contribution >= 4 is 16.7 Å². The van der Waals surface area contributed by atoms with Crippen molar-refractivity contribution in [2.45, 2.75) is 39.7 Å². The number of rotatable bonds is 5. The van der Waals surface area contributed by atoms with Gasteiger partial charge >= 0.3 is 0 Å². The van der Waals surface area contributed by atoms with E-state index >= 15 is 0 Å². The number of aromatic nitrogens is 5. The van der Waals surface area contributed by atoms with E-state index < -0.39 is 0 Å². The highest BCUT2D eigenvalue weighted by molar-refractivity contribution is 7.09. The van der Waals surface area contributed by atoms with Crippen LogP contribution >= 0.6 is 11.5 Å². The number of anilines is 1. The van der Waals surface area contributed by atoms with E-state index in [-0.39, 0.29) is 6.10 Å². The van der Waals surface area contributed by atoms with Gasteiger partial charge in [0.25, 0.3) is 0 Å². The summed E-state index contributed by atoms with van der Waals surface area (Å²) >= 11 is 1.47. The number of nitrogens with one attached hydrogen (secondary N) is 1. The summed E-state index contributed by atoms with van der Waals surface area (Å²) in [4.78, 5) is 11.3. The largest absolute Gasteiger partial charge is 0.366 e. The van der Waals surface area contributed by atoms with Gasteiger partial charge in [-0.2, -0.15) is 9.47 Å². The Labute approximate surface area is 134 Å². The Morgan fingerprint density at radius 2 is 2.27 bits per heavy atom. The zero-order valence-electron chi connectivity index (χ0n) is 13.2. The smallest absolute Gasteiger partial charge is 0.205 e. The lowest BCUT2D eigenvalue weighted by Crippen LogP contribution is -2.38. The molecule has 2 aromatic rings. The van der Waals surface area contributed by atoms with Crippen molar-refractivity contribution in [3.8, 4) is 0 Å². The maximum absolute atomic E-state index is 5.81. The first-order valence-corrected chi connectivity index (χ1v) is 8.53. The zero-order chi connectivity index (χ0) is 15.5. The number of hydrogen-bond acceptors (Lipinski definition) is 7. The Bertz CT molecular complexity index is 610. The molecule has 1 unspecified atom stereocenters. The lowest BCUT2D eigenvalue weighted by molar-refractivity contribution is 0.0342. The van der Waals surface area contributed by atoms with Crippen LogP contribution in [0.1, 0.15) is 44.3 Å². The summed E-state index contributed by atoms with van der Waals surface area (Å²) in [7, 11) is 0. The summed E-state index contributed by atoms with van der Waals surface area (Å²) in [6.45, 7) is 8.62. The average molecular weight is 322 g/mol. The molecule has 1 atom stereocenters. The molecule has 1 N–H and O–H groups in total. The molecule has 0 radical (unpaired) electrons. The number of aromatic amines is 1. The Kier molecular flexibility index (Phi) is 4.68. The van der Waals surface area contributed by atoms with Crippen molar-refractivity contribution in [3.63, 3.8) is 0 Å². The number of ether oxygens (including phenoxy) is 1. The molecular formula is C14H22N6OS. The maximum atomic E-state index is 5.81. The minimum Gasteiger partial charge on any atom is -0.366 e. The van der Waals surface area contributed by atoms with Gasteiger partial charge in [-0.3, -0.25) is 5.10 Å². The van der Waals surface area contributed by atoms with E-state index in [1.165, 1.54) is 11.5 Å². The molecule has 0 aliphatic carbocycles. The van der Waals surface area contributed by atoms with Crippen molar-refractivity contribution in [1.29, 1.82) is 0 Å². The van der Waals surface area contributed by atoms with Crippen molar-refractivity contribution in [2.75, 3.05) is 24.6 Å². The monoisotopic (exact) mass is 322 g/mol. The highest BCUT2D eigenvalue weighted by Crippen LogP contribution is 2.26. The minimum absolute atomic E-state index is 0.109. The van der Waals surface area contributed by atoms with Gasteiger partial charge in [0.05, 0.1) is 13.2 Å². The first-order chi connectivity index (χ1) is 10.7. The lowest BCUT2D eigenvalue weighted by atomic mass is 10.1. The van der Waals surface area contributed by atoms with Crippen LogP contribution in [0.3, 0.4) is 0 Å². The summed E-state index contributed by atoms with van der Waals surface area (Å²) in [6, 6.07) is 0. The van der Waals surface area contributed by atoms with Crippen LogP contribution < -0.4 is 4.90 Å². The Hall–Kier alpha value is -1.54. The van der Waals surface area contributed by atoms with Gasteiger partial charge in [0.15, 0.2) is 5.82 Å². The Morgan fingerprint density at radius 1 is 1.41 bits per heavy atom. The lowest BCUT2D eigenvalue weighted by Gasteiger charge is -2.30. The Morgan fingerprint density at radius 3 is 3.00 bits per heavy atom.